The Balaban J connectivity index is 1.43. The molecule has 0 radical (unpaired) electrons. The first-order valence-electron chi connectivity index (χ1n) is 12.8. The number of hydrazone groups is 1. The molecule has 1 aromatic rings. The van der Waals surface area contributed by atoms with Crippen molar-refractivity contribution in [3.05, 3.63) is 17.1 Å². The molecule has 2 aliphatic heterocycles. The highest BCUT2D eigenvalue weighted by molar-refractivity contribution is 8.00. The van der Waals surface area contributed by atoms with Crippen molar-refractivity contribution in [3.63, 3.8) is 0 Å². The number of nitrogens with one attached hydrogen (secondary N) is 2. The number of rotatable bonds is 11. The molecular weight excluding hydrogens is 579 g/mol. The molecule has 1 aromatic heterocycles. The lowest BCUT2D eigenvalue weighted by Gasteiger charge is -2.49. The number of anilines is 1. The Hall–Kier alpha value is -3.64. The first kappa shape index (κ1) is 30.3. The highest BCUT2D eigenvalue weighted by Crippen LogP contribution is 2.40. The summed E-state index contributed by atoms with van der Waals surface area (Å²) < 4.78 is 16.4. The van der Waals surface area contributed by atoms with Gasteiger partial charge < -0.3 is 26.7 Å². The average Bonchev–Trinajstić information content (AvgIpc) is 3.39. The quantitative estimate of drug-likeness (QED) is 0.101. The number of aliphatic carboxylic acids is 1. The van der Waals surface area contributed by atoms with Gasteiger partial charge in [0.05, 0.1) is 6.21 Å². The molecule has 0 aromatic carbocycles. The molecule has 4 atom stereocenters. The number of carboxylic acids is 1. The van der Waals surface area contributed by atoms with Gasteiger partial charge in [-0.3, -0.25) is 24.9 Å². The number of carboxylic acid groups (broad SMARTS) is 1. The summed E-state index contributed by atoms with van der Waals surface area (Å²) in [5.41, 5.74) is 10.9. The molecule has 2 amide bonds. The number of amidine groups is 1. The fourth-order valence-electron chi connectivity index (χ4n) is 4.99. The van der Waals surface area contributed by atoms with Gasteiger partial charge in [-0.2, -0.15) is 14.5 Å². The SMILES string of the molecule is CN(/N=C/C1=C(C(=O)O)N2C(=O)C(NC(=O)/C(=N\OCF)c3nsc(N)n3)[C@H]2SC1)C(=N)CC1CCCC(CN)C1. The topological polar surface area (TPSA) is 226 Å². The molecule has 222 valence electrons. The number of hydrogen-bond acceptors (Lipinski definition) is 13. The molecule has 15 nitrogen and oxygen atoms in total. The van der Waals surface area contributed by atoms with E-state index in [-0.39, 0.29) is 28.0 Å². The van der Waals surface area contributed by atoms with Crippen molar-refractivity contribution in [2.24, 2.45) is 27.8 Å². The molecule has 41 heavy (non-hydrogen) atoms. The third kappa shape index (κ3) is 6.82. The second-order valence-corrected chi connectivity index (χ2v) is 11.6. The summed E-state index contributed by atoms with van der Waals surface area (Å²) in [6.45, 7) is -0.672. The minimum Gasteiger partial charge on any atom is -0.477 e. The number of nitrogen functional groups attached to an aromatic ring is 1. The van der Waals surface area contributed by atoms with Crippen LogP contribution >= 0.6 is 23.3 Å². The van der Waals surface area contributed by atoms with Gasteiger partial charge in [-0.25, -0.2) is 9.18 Å². The summed E-state index contributed by atoms with van der Waals surface area (Å²) in [6, 6.07) is -1.09. The molecule has 0 bridgehead atoms. The molecule has 2 fully saturated rings. The Morgan fingerprint density at radius 1 is 1.39 bits per heavy atom. The van der Waals surface area contributed by atoms with E-state index in [1.807, 2.05) is 0 Å². The van der Waals surface area contributed by atoms with Crippen LogP contribution in [-0.2, 0) is 19.2 Å². The van der Waals surface area contributed by atoms with Crippen molar-refractivity contribution in [1.29, 1.82) is 5.41 Å². The predicted molar refractivity (Wildman–Crippen MR) is 151 cm³/mol. The van der Waals surface area contributed by atoms with Gasteiger partial charge in [-0.1, -0.05) is 11.6 Å². The van der Waals surface area contributed by atoms with E-state index in [9.17, 15) is 23.9 Å². The van der Waals surface area contributed by atoms with Crippen molar-refractivity contribution in [2.45, 2.75) is 43.5 Å². The van der Waals surface area contributed by atoms with Crippen LogP contribution in [0.1, 0.15) is 37.9 Å². The number of halogens is 1. The fraction of sp³-hybridized carbons (Fsp3) is 0.565. The van der Waals surface area contributed by atoms with Crippen molar-refractivity contribution >= 4 is 64.0 Å². The number of alkyl halides is 1. The molecule has 1 aliphatic carbocycles. The normalized spacial score (nSPS) is 24.6. The van der Waals surface area contributed by atoms with E-state index in [4.69, 9.17) is 16.9 Å². The summed E-state index contributed by atoms with van der Waals surface area (Å²) in [6.07, 6.45) is 6.09. The van der Waals surface area contributed by atoms with Crippen LogP contribution < -0.4 is 16.8 Å². The Kier molecular flexibility index (Phi) is 9.87. The maximum Gasteiger partial charge on any atom is 0.353 e. The van der Waals surface area contributed by atoms with Gasteiger partial charge in [0.2, 0.25) is 11.5 Å². The first-order valence-corrected chi connectivity index (χ1v) is 14.6. The summed E-state index contributed by atoms with van der Waals surface area (Å²) in [5, 5.41) is 29.2. The van der Waals surface area contributed by atoms with Crippen LogP contribution in [0.3, 0.4) is 0 Å². The number of carbonyl (C=O) groups is 3. The predicted octanol–water partition coefficient (Wildman–Crippen LogP) is 0.557. The molecule has 18 heteroatoms. The molecule has 3 aliphatic rings. The van der Waals surface area contributed by atoms with Crippen LogP contribution in [0.5, 0.6) is 0 Å². The lowest BCUT2D eigenvalue weighted by molar-refractivity contribution is -0.150. The van der Waals surface area contributed by atoms with Crippen LogP contribution in [0.15, 0.2) is 21.5 Å². The zero-order valence-corrected chi connectivity index (χ0v) is 23.8. The van der Waals surface area contributed by atoms with E-state index >= 15 is 0 Å². The van der Waals surface area contributed by atoms with Crippen LogP contribution in [0.2, 0.25) is 0 Å². The van der Waals surface area contributed by atoms with E-state index in [0.29, 0.717) is 30.6 Å². The summed E-state index contributed by atoms with van der Waals surface area (Å²) in [4.78, 5) is 47.3. The number of carbonyl (C=O) groups excluding carboxylic acids is 2. The number of fused-ring (bicyclic) bond motifs is 1. The van der Waals surface area contributed by atoms with E-state index in [2.05, 4.69) is 29.8 Å². The molecule has 3 unspecified atom stereocenters. The number of nitrogens with two attached hydrogens (primary N) is 2. The van der Waals surface area contributed by atoms with E-state index < -0.39 is 41.8 Å². The third-order valence-corrected chi connectivity index (χ3v) is 8.89. The van der Waals surface area contributed by atoms with Gasteiger partial charge in [0.1, 0.15) is 22.9 Å². The fourth-order valence-corrected chi connectivity index (χ4v) is 6.72. The largest absolute Gasteiger partial charge is 0.477 e. The number of amides is 2. The number of hydrogen-bond donors (Lipinski definition) is 5. The van der Waals surface area contributed by atoms with Gasteiger partial charge in [0.25, 0.3) is 18.7 Å². The average molecular weight is 611 g/mol. The minimum atomic E-state index is -1.33. The van der Waals surface area contributed by atoms with Crippen molar-refractivity contribution < 1.29 is 28.7 Å². The van der Waals surface area contributed by atoms with Crippen molar-refractivity contribution in [2.75, 3.05) is 31.9 Å². The van der Waals surface area contributed by atoms with E-state index in [1.165, 1.54) is 23.0 Å². The molecule has 3 heterocycles. The Morgan fingerprint density at radius 3 is 2.80 bits per heavy atom. The smallest absolute Gasteiger partial charge is 0.353 e. The molecular formula is C23H31FN10O5S2. The van der Waals surface area contributed by atoms with Gasteiger partial charge >= 0.3 is 5.97 Å². The Morgan fingerprint density at radius 2 is 2.15 bits per heavy atom. The molecule has 1 saturated carbocycles. The van der Waals surface area contributed by atoms with E-state index in [0.717, 1.165) is 42.1 Å². The molecule has 7 N–H and O–H groups in total. The molecule has 4 rings (SSSR count). The maximum absolute atomic E-state index is 13.0. The molecule has 1 saturated heterocycles. The van der Waals surface area contributed by atoms with Gasteiger partial charge in [-0.15, -0.1) is 11.8 Å². The maximum atomic E-state index is 13.0. The number of thioether (sulfide) groups is 1. The summed E-state index contributed by atoms with van der Waals surface area (Å²) >= 11 is 2.01. The summed E-state index contributed by atoms with van der Waals surface area (Å²) in [5.74, 6) is -1.81. The Bertz CT molecular complexity index is 1290. The number of oxime groups is 1. The van der Waals surface area contributed by atoms with E-state index in [1.54, 1.807) is 7.05 Å². The molecule has 0 spiro atoms. The number of β-lactam (4-membered cyclic amide) rings is 1. The number of aromatic nitrogens is 2. The standard InChI is InChI=1S/C23H31FN10O5S2/c1-33(14(26)6-11-3-2-4-12(5-11)7-25)28-8-13-9-40-21-16(20(36)34(21)17(13)22(37)38)29-19(35)15(31-39-10-24)18-30-23(27)41-32-18/h8,11-12,16,21,26H,2-7,9-10,25H2,1H3,(H,29,35)(H,37,38)(H2,27,30,32)/b26-14?,28-8+,31-15-/t11?,12?,16?,21-/m1/s1. The lowest BCUT2D eigenvalue weighted by Crippen LogP contribution is -2.71. The first-order chi connectivity index (χ1) is 19.6. The second-order valence-electron chi connectivity index (χ2n) is 9.73. The zero-order chi connectivity index (χ0) is 29.7. The van der Waals surface area contributed by atoms with Crippen LogP contribution in [0, 0.1) is 17.2 Å². The van der Waals surface area contributed by atoms with Crippen LogP contribution in [0.25, 0.3) is 0 Å². The summed E-state index contributed by atoms with van der Waals surface area (Å²) in [7, 11) is 1.62. The minimum absolute atomic E-state index is 0.0370. The second kappa shape index (κ2) is 13.3. The van der Waals surface area contributed by atoms with Crippen molar-refractivity contribution in [1.82, 2.24) is 24.6 Å². The van der Waals surface area contributed by atoms with Crippen molar-refractivity contribution in [3.8, 4) is 0 Å². The van der Waals surface area contributed by atoms with Crippen LogP contribution in [0.4, 0.5) is 9.52 Å². The van der Waals surface area contributed by atoms with Crippen LogP contribution in [-0.4, -0.2) is 97.5 Å². The monoisotopic (exact) mass is 610 g/mol. The highest BCUT2D eigenvalue weighted by atomic mass is 32.2. The highest BCUT2D eigenvalue weighted by Gasteiger charge is 2.54. The third-order valence-electron chi connectivity index (χ3n) is 7.04. The van der Waals surface area contributed by atoms with Gasteiger partial charge in [0, 0.05) is 36.3 Å². The van der Waals surface area contributed by atoms with Gasteiger partial charge in [-0.05, 0) is 37.6 Å². The number of nitrogens with zero attached hydrogens (tertiary/aromatic N) is 6. The lowest BCUT2D eigenvalue weighted by atomic mass is 9.80. The van der Waals surface area contributed by atoms with Gasteiger partial charge in [0.15, 0.2) is 5.13 Å². The zero-order valence-electron chi connectivity index (χ0n) is 22.2. The Labute approximate surface area is 242 Å².